The van der Waals surface area contributed by atoms with E-state index < -0.39 is 0 Å². The standard InChI is InChI=1S/C23H37N5O/c1-3-23(12-5-6-13-23)18-26-21(24-4-2)25-17-19-10-9-11-20(16-19)27-22(29)28-14-7-8-15-28/h9-11,16H,3-8,12-15,17-18H2,1-2H3,(H,27,29)(H2,24,25,26). The molecule has 1 heterocycles. The number of aliphatic imine (C=N–C) groups is 1. The number of likely N-dealkylation sites (tertiary alicyclic amines) is 1. The van der Waals surface area contributed by atoms with E-state index in [0.717, 1.165) is 56.2 Å². The van der Waals surface area contributed by atoms with E-state index in [2.05, 4.69) is 35.9 Å². The highest BCUT2D eigenvalue weighted by Gasteiger charge is 2.31. The van der Waals surface area contributed by atoms with E-state index in [4.69, 9.17) is 4.99 Å². The van der Waals surface area contributed by atoms with Crippen molar-refractivity contribution in [2.45, 2.75) is 65.3 Å². The van der Waals surface area contributed by atoms with E-state index in [-0.39, 0.29) is 6.03 Å². The number of nitrogens with zero attached hydrogens (tertiary/aromatic N) is 2. The van der Waals surface area contributed by atoms with Crippen molar-refractivity contribution in [3.05, 3.63) is 29.8 Å². The summed E-state index contributed by atoms with van der Waals surface area (Å²) in [5.41, 5.74) is 2.35. The van der Waals surface area contributed by atoms with Gasteiger partial charge in [-0.1, -0.05) is 31.9 Å². The topological polar surface area (TPSA) is 68.8 Å². The van der Waals surface area contributed by atoms with Crippen LogP contribution in [0.25, 0.3) is 0 Å². The number of hydrogen-bond acceptors (Lipinski definition) is 2. The van der Waals surface area contributed by atoms with E-state index in [1.165, 1.54) is 32.1 Å². The highest BCUT2D eigenvalue weighted by atomic mass is 16.2. The Morgan fingerprint density at radius 2 is 1.86 bits per heavy atom. The molecule has 6 nitrogen and oxygen atoms in total. The van der Waals surface area contributed by atoms with Crippen molar-refractivity contribution in [3.63, 3.8) is 0 Å². The summed E-state index contributed by atoms with van der Waals surface area (Å²) in [6.07, 6.45) is 8.74. The summed E-state index contributed by atoms with van der Waals surface area (Å²) in [5, 5.41) is 9.95. The number of benzene rings is 1. The quantitative estimate of drug-likeness (QED) is 0.472. The minimum absolute atomic E-state index is 0.000385. The van der Waals surface area contributed by atoms with Crippen molar-refractivity contribution in [1.29, 1.82) is 0 Å². The minimum atomic E-state index is -0.000385. The first-order valence-electron chi connectivity index (χ1n) is 11.3. The summed E-state index contributed by atoms with van der Waals surface area (Å²) in [6.45, 7) is 8.52. The lowest BCUT2D eigenvalue weighted by molar-refractivity contribution is 0.222. The zero-order valence-corrected chi connectivity index (χ0v) is 18.1. The van der Waals surface area contributed by atoms with Crippen LogP contribution >= 0.6 is 0 Å². The maximum atomic E-state index is 12.3. The number of rotatable bonds is 7. The molecule has 3 N–H and O–H groups in total. The van der Waals surface area contributed by atoms with Crippen LogP contribution in [0.1, 0.15) is 64.4 Å². The van der Waals surface area contributed by atoms with Crippen molar-refractivity contribution in [1.82, 2.24) is 15.5 Å². The predicted molar refractivity (Wildman–Crippen MR) is 120 cm³/mol. The van der Waals surface area contributed by atoms with Gasteiger partial charge in [-0.3, -0.25) is 0 Å². The lowest BCUT2D eigenvalue weighted by Crippen LogP contribution is -2.42. The second kappa shape index (κ2) is 10.5. The number of hydrogen-bond donors (Lipinski definition) is 3. The van der Waals surface area contributed by atoms with Gasteiger partial charge in [-0.05, 0) is 62.1 Å². The van der Waals surface area contributed by atoms with E-state index >= 15 is 0 Å². The lowest BCUT2D eigenvalue weighted by atomic mass is 9.83. The van der Waals surface area contributed by atoms with Crippen molar-refractivity contribution >= 4 is 17.7 Å². The van der Waals surface area contributed by atoms with Crippen LogP contribution in [0.3, 0.4) is 0 Å². The Bertz CT molecular complexity index is 690. The molecule has 2 fully saturated rings. The van der Waals surface area contributed by atoms with E-state index in [0.29, 0.717) is 12.0 Å². The summed E-state index contributed by atoms with van der Waals surface area (Å²) in [7, 11) is 0. The summed E-state index contributed by atoms with van der Waals surface area (Å²) in [5.74, 6) is 0.874. The van der Waals surface area contributed by atoms with Gasteiger partial charge in [-0.25, -0.2) is 9.79 Å². The van der Waals surface area contributed by atoms with Crippen LogP contribution in [0.4, 0.5) is 10.5 Å². The molecule has 3 rings (SSSR count). The van der Waals surface area contributed by atoms with Crippen LogP contribution in [0.5, 0.6) is 0 Å². The second-order valence-corrected chi connectivity index (χ2v) is 8.43. The van der Waals surface area contributed by atoms with Crippen LogP contribution < -0.4 is 16.0 Å². The number of nitrogens with one attached hydrogen (secondary N) is 3. The van der Waals surface area contributed by atoms with Crippen molar-refractivity contribution < 1.29 is 4.79 Å². The Morgan fingerprint density at radius 1 is 1.10 bits per heavy atom. The Kier molecular flexibility index (Phi) is 7.78. The molecule has 29 heavy (non-hydrogen) atoms. The molecule has 1 aliphatic heterocycles. The molecule has 1 saturated heterocycles. The monoisotopic (exact) mass is 399 g/mol. The Morgan fingerprint density at radius 3 is 2.55 bits per heavy atom. The van der Waals surface area contributed by atoms with Gasteiger partial charge in [0.2, 0.25) is 0 Å². The number of amides is 2. The van der Waals surface area contributed by atoms with Gasteiger partial charge in [-0.2, -0.15) is 0 Å². The summed E-state index contributed by atoms with van der Waals surface area (Å²) >= 11 is 0. The summed E-state index contributed by atoms with van der Waals surface area (Å²) in [4.78, 5) is 19.0. The molecule has 0 bridgehead atoms. The predicted octanol–water partition coefficient (Wildman–Crippen LogP) is 4.34. The van der Waals surface area contributed by atoms with Gasteiger partial charge >= 0.3 is 6.03 Å². The first-order valence-corrected chi connectivity index (χ1v) is 11.3. The SMILES string of the molecule is CCNC(=NCc1cccc(NC(=O)N2CCCC2)c1)NCC1(CC)CCCC1. The molecule has 1 aliphatic carbocycles. The molecule has 0 spiro atoms. The summed E-state index contributed by atoms with van der Waals surface area (Å²) in [6, 6.07) is 8.00. The van der Waals surface area contributed by atoms with Crippen LogP contribution in [0, 0.1) is 5.41 Å². The largest absolute Gasteiger partial charge is 0.357 e. The third kappa shape index (κ3) is 6.12. The number of urea groups is 1. The highest BCUT2D eigenvalue weighted by Crippen LogP contribution is 2.40. The number of carbonyl (C=O) groups excluding carboxylic acids is 1. The molecule has 1 saturated carbocycles. The first-order chi connectivity index (χ1) is 14.1. The molecular formula is C23H37N5O. The zero-order chi connectivity index (χ0) is 20.5. The van der Waals surface area contributed by atoms with Gasteiger partial charge < -0.3 is 20.9 Å². The van der Waals surface area contributed by atoms with E-state index in [1.807, 2.05) is 23.1 Å². The molecule has 6 heteroatoms. The molecule has 1 aromatic rings. The first kappa shape index (κ1) is 21.5. The minimum Gasteiger partial charge on any atom is -0.357 e. The number of anilines is 1. The van der Waals surface area contributed by atoms with Crippen molar-refractivity contribution in [2.24, 2.45) is 10.4 Å². The average Bonchev–Trinajstić information content (AvgIpc) is 3.43. The third-order valence-electron chi connectivity index (χ3n) is 6.38. The Labute approximate surface area is 175 Å². The van der Waals surface area contributed by atoms with Crippen molar-refractivity contribution in [2.75, 3.05) is 31.5 Å². The fourth-order valence-corrected chi connectivity index (χ4v) is 4.43. The molecule has 0 aromatic heterocycles. The van der Waals surface area contributed by atoms with Gasteiger partial charge in [0.15, 0.2) is 5.96 Å². The smallest absolute Gasteiger partial charge is 0.321 e. The van der Waals surface area contributed by atoms with Gasteiger partial charge in [0.05, 0.1) is 6.54 Å². The molecule has 160 valence electrons. The molecule has 2 amide bonds. The van der Waals surface area contributed by atoms with Gasteiger partial charge in [-0.15, -0.1) is 0 Å². The Balaban J connectivity index is 1.57. The fraction of sp³-hybridized carbons (Fsp3) is 0.652. The maximum Gasteiger partial charge on any atom is 0.321 e. The van der Waals surface area contributed by atoms with Gasteiger partial charge in [0, 0.05) is 31.9 Å². The van der Waals surface area contributed by atoms with E-state index in [1.54, 1.807) is 0 Å². The van der Waals surface area contributed by atoms with E-state index in [9.17, 15) is 4.79 Å². The molecule has 2 aliphatic rings. The van der Waals surface area contributed by atoms with Crippen molar-refractivity contribution in [3.8, 4) is 0 Å². The second-order valence-electron chi connectivity index (χ2n) is 8.43. The highest BCUT2D eigenvalue weighted by molar-refractivity contribution is 5.89. The van der Waals surface area contributed by atoms with Crippen LogP contribution in [-0.2, 0) is 6.54 Å². The number of guanidine groups is 1. The average molecular weight is 400 g/mol. The number of carbonyl (C=O) groups is 1. The normalized spacial score (nSPS) is 18.7. The van der Waals surface area contributed by atoms with Gasteiger partial charge in [0.25, 0.3) is 0 Å². The molecular weight excluding hydrogens is 362 g/mol. The third-order valence-corrected chi connectivity index (χ3v) is 6.38. The van der Waals surface area contributed by atoms with Gasteiger partial charge in [0.1, 0.15) is 0 Å². The van der Waals surface area contributed by atoms with Crippen LogP contribution in [0.15, 0.2) is 29.3 Å². The Hall–Kier alpha value is -2.24. The molecule has 0 unspecified atom stereocenters. The fourth-order valence-electron chi connectivity index (χ4n) is 4.43. The summed E-state index contributed by atoms with van der Waals surface area (Å²) < 4.78 is 0. The lowest BCUT2D eigenvalue weighted by Gasteiger charge is -2.28. The zero-order valence-electron chi connectivity index (χ0n) is 18.1. The van der Waals surface area contributed by atoms with Crippen LogP contribution in [-0.4, -0.2) is 43.1 Å². The van der Waals surface area contributed by atoms with Crippen LogP contribution in [0.2, 0.25) is 0 Å². The molecule has 0 atom stereocenters. The maximum absolute atomic E-state index is 12.3. The molecule has 0 radical (unpaired) electrons. The molecule has 1 aromatic carbocycles.